The Bertz CT molecular complexity index is 1060. The van der Waals surface area contributed by atoms with E-state index in [0.29, 0.717) is 5.06 Å². The number of hydroxylamine groups is 2. The lowest BCUT2D eigenvalue weighted by atomic mass is 10.1. The van der Waals surface area contributed by atoms with E-state index in [1.807, 2.05) is 0 Å². The molecular formula is C19H16N2O6S. The number of hydrogen-bond acceptors (Lipinski definition) is 6. The normalized spacial score (nSPS) is 13.6. The van der Waals surface area contributed by atoms with Crippen molar-refractivity contribution in [3.05, 3.63) is 77.9 Å². The summed E-state index contributed by atoms with van der Waals surface area (Å²) in [5, 5.41) is 0.337. The molecule has 0 saturated carbocycles. The first-order valence-electron chi connectivity index (χ1n) is 8.15. The molecule has 1 aliphatic rings. The number of nitrogens with zero attached hydrogens (tertiary/aromatic N) is 2. The third-order valence-electron chi connectivity index (χ3n) is 4.11. The molecule has 9 heteroatoms. The number of hydrogen-bond donors (Lipinski definition) is 0. The van der Waals surface area contributed by atoms with Crippen molar-refractivity contribution in [2.75, 3.05) is 13.6 Å². The van der Waals surface area contributed by atoms with E-state index in [9.17, 15) is 22.8 Å². The fraction of sp³-hybridized carbons (Fsp3) is 0.105. The Kier molecular flexibility index (Phi) is 5.12. The molecule has 0 saturated heterocycles. The summed E-state index contributed by atoms with van der Waals surface area (Å²) in [5.74, 6) is -2.73. The Labute approximate surface area is 161 Å². The molecular weight excluding hydrogens is 384 g/mol. The minimum atomic E-state index is -4.02. The van der Waals surface area contributed by atoms with Crippen molar-refractivity contribution in [1.82, 2.24) is 9.37 Å². The summed E-state index contributed by atoms with van der Waals surface area (Å²) in [6.07, 6.45) is 1.40. The minimum absolute atomic E-state index is 0.0319. The van der Waals surface area contributed by atoms with Crippen molar-refractivity contribution in [3.8, 4) is 0 Å². The molecule has 0 aromatic heterocycles. The second-order valence-corrected chi connectivity index (χ2v) is 7.91. The van der Waals surface area contributed by atoms with Gasteiger partial charge < -0.3 is 4.84 Å². The maximum absolute atomic E-state index is 12.7. The van der Waals surface area contributed by atoms with Crippen LogP contribution >= 0.6 is 0 Å². The van der Waals surface area contributed by atoms with Crippen LogP contribution in [0.2, 0.25) is 0 Å². The highest BCUT2D eigenvalue weighted by molar-refractivity contribution is 7.89. The van der Waals surface area contributed by atoms with Gasteiger partial charge in [0, 0.05) is 13.6 Å². The molecule has 2 amide bonds. The molecule has 0 bridgehead atoms. The monoisotopic (exact) mass is 400 g/mol. The van der Waals surface area contributed by atoms with Crippen molar-refractivity contribution in [2.24, 2.45) is 0 Å². The quantitative estimate of drug-likeness (QED) is 0.542. The van der Waals surface area contributed by atoms with Gasteiger partial charge in [0.1, 0.15) is 0 Å². The van der Waals surface area contributed by atoms with Crippen LogP contribution in [0, 0.1) is 0 Å². The lowest BCUT2D eigenvalue weighted by Gasteiger charge is -2.18. The van der Waals surface area contributed by atoms with Crippen LogP contribution < -0.4 is 0 Å². The molecule has 28 heavy (non-hydrogen) atoms. The number of benzene rings is 2. The second-order valence-electron chi connectivity index (χ2n) is 5.90. The zero-order valence-electron chi connectivity index (χ0n) is 14.9. The first kappa shape index (κ1) is 19.5. The lowest BCUT2D eigenvalue weighted by molar-refractivity contribution is -0.0587. The Morgan fingerprint density at radius 3 is 2.18 bits per heavy atom. The van der Waals surface area contributed by atoms with E-state index in [-0.39, 0.29) is 28.1 Å². The van der Waals surface area contributed by atoms with Gasteiger partial charge in [-0.1, -0.05) is 35.4 Å². The van der Waals surface area contributed by atoms with E-state index in [1.165, 1.54) is 49.5 Å². The number of fused-ring (bicyclic) bond motifs is 1. The van der Waals surface area contributed by atoms with Crippen molar-refractivity contribution in [3.63, 3.8) is 0 Å². The van der Waals surface area contributed by atoms with Crippen molar-refractivity contribution in [1.29, 1.82) is 0 Å². The van der Waals surface area contributed by atoms with E-state index in [2.05, 4.69) is 6.58 Å². The third kappa shape index (κ3) is 3.21. The van der Waals surface area contributed by atoms with Gasteiger partial charge in [0.15, 0.2) is 0 Å². The Morgan fingerprint density at radius 1 is 1.07 bits per heavy atom. The van der Waals surface area contributed by atoms with Crippen LogP contribution in [-0.2, 0) is 14.9 Å². The molecule has 0 unspecified atom stereocenters. The second kappa shape index (κ2) is 7.37. The maximum Gasteiger partial charge on any atom is 0.365 e. The summed E-state index contributed by atoms with van der Waals surface area (Å²) in [7, 11) is -2.68. The average Bonchev–Trinajstić information content (AvgIpc) is 2.93. The Morgan fingerprint density at radius 2 is 1.61 bits per heavy atom. The number of carbonyl (C=O) groups is 3. The summed E-state index contributed by atoms with van der Waals surface area (Å²) in [6, 6.07) is 11.4. The molecule has 2 aromatic rings. The number of sulfonamides is 1. The summed E-state index contributed by atoms with van der Waals surface area (Å²) in [4.78, 5) is 42.0. The zero-order valence-corrected chi connectivity index (χ0v) is 15.7. The largest absolute Gasteiger partial charge is 0.365 e. The Balaban J connectivity index is 1.92. The molecule has 3 rings (SSSR count). The molecule has 2 aromatic carbocycles. The van der Waals surface area contributed by atoms with Gasteiger partial charge in [-0.25, -0.2) is 13.2 Å². The fourth-order valence-electron chi connectivity index (χ4n) is 2.69. The Hall–Kier alpha value is -3.30. The summed E-state index contributed by atoms with van der Waals surface area (Å²) in [5.41, 5.74) is -0.0891. The van der Waals surface area contributed by atoms with E-state index >= 15 is 0 Å². The fourth-order valence-corrected chi connectivity index (χ4v) is 4.01. The van der Waals surface area contributed by atoms with E-state index in [0.717, 1.165) is 4.31 Å². The number of likely N-dealkylation sites (N-methyl/N-ethyl adjacent to an activating group) is 1. The molecule has 0 atom stereocenters. The smallest absolute Gasteiger partial charge is 0.324 e. The molecule has 8 nitrogen and oxygen atoms in total. The number of amides is 2. The predicted molar refractivity (Wildman–Crippen MR) is 98.8 cm³/mol. The van der Waals surface area contributed by atoms with E-state index in [1.54, 1.807) is 12.1 Å². The zero-order chi connectivity index (χ0) is 20.5. The molecule has 0 spiro atoms. The standard InChI is InChI=1S/C19H16N2O6S/c1-3-12-20(2)28(25,26)16-11-7-6-10-15(16)19(24)27-21-17(22)13-8-4-5-9-14(13)18(21)23/h3-11H,1,12H2,2H3. The highest BCUT2D eigenvalue weighted by Crippen LogP contribution is 2.25. The number of imide groups is 1. The van der Waals surface area contributed by atoms with Gasteiger partial charge in [0.2, 0.25) is 10.0 Å². The highest BCUT2D eigenvalue weighted by Gasteiger charge is 2.39. The van der Waals surface area contributed by atoms with Crippen LogP contribution in [0.15, 0.2) is 66.1 Å². The number of rotatable bonds is 6. The van der Waals surface area contributed by atoms with Crippen molar-refractivity contribution < 1.29 is 27.6 Å². The number of carbonyl (C=O) groups excluding carboxylic acids is 3. The summed E-state index contributed by atoms with van der Waals surface area (Å²) >= 11 is 0. The molecule has 0 fully saturated rings. The van der Waals surface area contributed by atoms with Crippen molar-refractivity contribution >= 4 is 27.8 Å². The van der Waals surface area contributed by atoms with Gasteiger partial charge >= 0.3 is 5.97 Å². The van der Waals surface area contributed by atoms with E-state index in [4.69, 9.17) is 4.84 Å². The topological polar surface area (TPSA) is 101 Å². The van der Waals surface area contributed by atoms with Crippen LogP contribution in [0.3, 0.4) is 0 Å². The van der Waals surface area contributed by atoms with Gasteiger partial charge in [-0.2, -0.15) is 4.31 Å². The molecule has 0 N–H and O–H groups in total. The molecule has 144 valence electrons. The first-order valence-corrected chi connectivity index (χ1v) is 9.59. The third-order valence-corrected chi connectivity index (χ3v) is 5.99. The van der Waals surface area contributed by atoms with Gasteiger partial charge in [-0.15, -0.1) is 6.58 Å². The molecule has 1 aliphatic heterocycles. The average molecular weight is 400 g/mol. The summed E-state index contributed by atoms with van der Waals surface area (Å²) in [6.45, 7) is 3.52. The molecule has 1 heterocycles. The van der Waals surface area contributed by atoms with Gasteiger partial charge in [0.05, 0.1) is 21.6 Å². The van der Waals surface area contributed by atoms with Gasteiger partial charge in [-0.05, 0) is 24.3 Å². The maximum atomic E-state index is 12.7. The van der Waals surface area contributed by atoms with Crippen LogP contribution in [0.4, 0.5) is 0 Å². The van der Waals surface area contributed by atoms with Gasteiger partial charge in [0.25, 0.3) is 11.8 Å². The van der Waals surface area contributed by atoms with Crippen LogP contribution in [0.25, 0.3) is 0 Å². The minimum Gasteiger partial charge on any atom is -0.324 e. The predicted octanol–water partition coefficient (Wildman–Crippen LogP) is 1.86. The molecule has 0 aliphatic carbocycles. The SMILES string of the molecule is C=CCN(C)S(=O)(=O)c1ccccc1C(=O)ON1C(=O)c2ccccc2C1=O. The highest BCUT2D eigenvalue weighted by atomic mass is 32.2. The van der Waals surface area contributed by atoms with Crippen LogP contribution in [-0.4, -0.2) is 49.2 Å². The molecule has 0 radical (unpaired) electrons. The first-order chi connectivity index (χ1) is 13.3. The van der Waals surface area contributed by atoms with Crippen LogP contribution in [0.5, 0.6) is 0 Å². The lowest BCUT2D eigenvalue weighted by Crippen LogP contribution is -2.34. The summed E-state index contributed by atoms with van der Waals surface area (Å²) < 4.78 is 26.4. The van der Waals surface area contributed by atoms with Gasteiger partial charge in [-0.3, -0.25) is 9.59 Å². The van der Waals surface area contributed by atoms with E-state index < -0.39 is 27.8 Å². The van der Waals surface area contributed by atoms with Crippen LogP contribution in [0.1, 0.15) is 31.1 Å². The van der Waals surface area contributed by atoms with Crippen molar-refractivity contribution in [2.45, 2.75) is 4.90 Å².